The van der Waals surface area contributed by atoms with Gasteiger partial charge in [0, 0.05) is 10.7 Å². The van der Waals surface area contributed by atoms with Gasteiger partial charge >= 0.3 is 0 Å². The molecule has 0 N–H and O–H groups in total. The van der Waals surface area contributed by atoms with Crippen LogP contribution < -0.4 is 0 Å². The number of hydrogen-bond acceptors (Lipinski definition) is 2. The summed E-state index contributed by atoms with van der Waals surface area (Å²) in [7, 11) is 1.32. The lowest BCUT2D eigenvalue weighted by Gasteiger charge is -2.09. The van der Waals surface area contributed by atoms with Crippen LogP contribution in [0.15, 0.2) is 41.3 Å². The Balaban J connectivity index is 2.69. The van der Waals surface area contributed by atoms with Crippen molar-refractivity contribution in [3.63, 3.8) is 0 Å². The summed E-state index contributed by atoms with van der Waals surface area (Å²) in [5.41, 5.74) is 3.25. The molecule has 100 valence electrons. The Labute approximate surface area is 116 Å². The molecule has 2 nitrogen and oxygen atoms in total. The predicted octanol–water partition coefficient (Wildman–Crippen LogP) is 4.04. The van der Waals surface area contributed by atoms with Gasteiger partial charge in [-0.3, -0.25) is 0 Å². The molecular formula is C14H12ClFO2S. The smallest absolute Gasteiger partial charge is 0.207 e. The molecule has 2 aromatic carbocycles. The summed E-state index contributed by atoms with van der Waals surface area (Å²) >= 11 is 0. The number of halogens is 2. The Morgan fingerprint density at radius 2 is 1.74 bits per heavy atom. The minimum atomic E-state index is -3.95. The normalized spacial score (nSPS) is 11.6. The molecule has 0 unspecified atom stereocenters. The number of aryl methyl sites for hydroxylation is 2. The SMILES string of the molecule is Cc1ccc(C)c(-c2cc(F)cc(S(=O)(=O)Cl)c2)c1. The Kier molecular flexibility index (Phi) is 3.65. The number of benzene rings is 2. The summed E-state index contributed by atoms with van der Waals surface area (Å²) in [6.07, 6.45) is 0. The highest BCUT2D eigenvalue weighted by Gasteiger charge is 2.14. The lowest BCUT2D eigenvalue weighted by Crippen LogP contribution is -1.94. The Morgan fingerprint density at radius 1 is 1.05 bits per heavy atom. The zero-order valence-electron chi connectivity index (χ0n) is 10.4. The minimum Gasteiger partial charge on any atom is -0.207 e. The van der Waals surface area contributed by atoms with E-state index in [4.69, 9.17) is 10.7 Å². The molecule has 2 aromatic rings. The fraction of sp³-hybridized carbons (Fsp3) is 0.143. The van der Waals surface area contributed by atoms with Crippen LogP contribution in [0.25, 0.3) is 11.1 Å². The van der Waals surface area contributed by atoms with Crippen LogP contribution in [-0.4, -0.2) is 8.42 Å². The molecule has 0 aromatic heterocycles. The van der Waals surface area contributed by atoms with E-state index in [0.717, 1.165) is 22.8 Å². The summed E-state index contributed by atoms with van der Waals surface area (Å²) in [6, 6.07) is 9.33. The van der Waals surface area contributed by atoms with E-state index >= 15 is 0 Å². The van der Waals surface area contributed by atoms with E-state index in [1.54, 1.807) is 0 Å². The summed E-state index contributed by atoms with van der Waals surface area (Å²) in [5, 5.41) is 0. The van der Waals surface area contributed by atoms with Crippen molar-refractivity contribution >= 4 is 19.7 Å². The van der Waals surface area contributed by atoms with Crippen LogP contribution in [0.3, 0.4) is 0 Å². The van der Waals surface area contributed by atoms with E-state index in [-0.39, 0.29) is 4.90 Å². The van der Waals surface area contributed by atoms with E-state index in [2.05, 4.69) is 0 Å². The maximum absolute atomic E-state index is 13.6. The van der Waals surface area contributed by atoms with Gasteiger partial charge in [-0.15, -0.1) is 0 Å². The van der Waals surface area contributed by atoms with Crippen LogP contribution in [0.5, 0.6) is 0 Å². The molecule has 0 aliphatic carbocycles. The highest BCUT2D eigenvalue weighted by molar-refractivity contribution is 8.13. The molecule has 2 rings (SSSR count). The molecule has 0 heterocycles. The van der Waals surface area contributed by atoms with Crippen molar-refractivity contribution < 1.29 is 12.8 Å². The minimum absolute atomic E-state index is 0.231. The van der Waals surface area contributed by atoms with Gasteiger partial charge in [0.2, 0.25) is 0 Å². The van der Waals surface area contributed by atoms with Gasteiger partial charge in [0.15, 0.2) is 0 Å². The molecule has 0 amide bonds. The first-order valence-electron chi connectivity index (χ1n) is 5.60. The topological polar surface area (TPSA) is 34.1 Å². The van der Waals surface area contributed by atoms with Crippen LogP contribution in [0.2, 0.25) is 0 Å². The second kappa shape index (κ2) is 4.94. The average molecular weight is 299 g/mol. The third-order valence-corrected chi connectivity index (χ3v) is 4.19. The first kappa shape index (κ1) is 14.0. The molecule has 0 saturated carbocycles. The average Bonchev–Trinajstić information content (AvgIpc) is 2.30. The molecule has 0 radical (unpaired) electrons. The molecule has 0 fully saturated rings. The molecule has 0 atom stereocenters. The summed E-state index contributed by atoms with van der Waals surface area (Å²) in [6.45, 7) is 3.80. The fourth-order valence-corrected chi connectivity index (χ4v) is 2.69. The molecule has 0 saturated heterocycles. The second-order valence-corrected chi connectivity index (χ2v) is 7.00. The number of rotatable bonds is 2. The van der Waals surface area contributed by atoms with Crippen LogP contribution >= 0.6 is 10.7 Å². The molecule has 0 aliphatic rings. The summed E-state index contributed by atoms with van der Waals surface area (Å²) in [5.74, 6) is -0.627. The molecular weight excluding hydrogens is 287 g/mol. The Morgan fingerprint density at radius 3 is 2.37 bits per heavy atom. The van der Waals surface area contributed by atoms with E-state index in [1.807, 2.05) is 32.0 Å². The maximum Gasteiger partial charge on any atom is 0.261 e. The first-order chi connectivity index (χ1) is 8.77. The Bertz CT molecular complexity index is 739. The third-order valence-electron chi connectivity index (χ3n) is 2.86. The highest BCUT2D eigenvalue weighted by Crippen LogP contribution is 2.28. The van der Waals surface area contributed by atoms with Crippen molar-refractivity contribution in [3.8, 4) is 11.1 Å². The largest absolute Gasteiger partial charge is 0.261 e. The first-order valence-corrected chi connectivity index (χ1v) is 7.91. The van der Waals surface area contributed by atoms with Crippen molar-refractivity contribution in [1.29, 1.82) is 0 Å². The molecule has 5 heteroatoms. The lowest BCUT2D eigenvalue weighted by atomic mass is 9.98. The quantitative estimate of drug-likeness (QED) is 0.784. The van der Waals surface area contributed by atoms with Gasteiger partial charge in [-0.1, -0.05) is 23.8 Å². The lowest BCUT2D eigenvalue weighted by molar-refractivity contribution is 0.602. The molecule has 19 heavy (non-hydrogen) atoms. The molecule has 0 aliphatic heterocycles. The van der Waals surface area contributed by atoms with E-state index in [9.17, 15) is 12.8 Å². The molecule has 0 spiro atoms. The molecule has 0 bridgehead atoms. The van der Waals surface area contributed by atoms with Gasteiger partial charge in [0.1, 0.15) is 5.82 Å². The second-order valence-electron chi connectivity index (χ2n) is 4.43. The zero-order chi connectivity index (χ0) is 14.2. The van der Waals surface area contributed by atoms with E-state index < -0.39 is 14.9 Å². The maximum atomic E-state index is 13.6. The van der Waals surface area contributed by atoms with Crippen molar-refractivity contribution in [3.05, 3.63) is 53.3 Å². The van der Waals surface area contributed by atoms with Crippen molar-refractivity contribution in [2.45, 2.75) is 18.7 Å². The van der Waals surface area contributed by atoms with Gasteiger partial charge < -0.3 is 0 Å². The zero-order valence-corrected chi connectivity index (χ0v) is 12.0. The standard InChI is InChI=1S/C14H12ClFO2S/c1-9-3-4-10(2)14(5-9)11-6-12(16)8-13(7-11)19(15,17)18/h3-8H,1-2H3. The van der Waals surface area contributed by atoms with Crippen LogP contribution in [0.1, 0.15) is 11.1 Å². The van der Waals surface area contributed by atoms with Crippen LogP contribution in [-0.2, 0) is 9.05 Å². The van der Waals surface area contributed by atoms with Crippen LogP contribution in [0.4, 0.5) is 4.39 Å². The predicted molar refractivity (Wildman–Crippen MR) is 74.3 cm³/mol. The number of hydrogen-bond donors (Lipinski definition) is 0. The van der Waals surface area contributed by atoms with E-state index in [0.29, 0.717) is 5.56 Å². The third kappa shape index (κ3) is 3.14. The van der Waals surface area contributed by atoms with Crippen molar-refractivity contribution in [2.24, 2.45) is 0 Å². The van der Waals surface area contributed by atoms with Gasteiger partial charge in [-0.2, -0.15) is 0 Å². The monoisotopic (exact) mass is 298 g/mol. The van der Waals surface area contributed by atoms with Gasteiger partial charge in [-0.05, 0) is 48.7 Å². The summed E-state index contributed by atoms with van der Waals surface area (Å²) in [4.78, 5) is -0.231. The Hall–Kier alpha value is -1.39. The van der Waals surface area contributed by atoms with Crippen LogP contribution in [0, 0.1) is 19.7 Å². The van der Waals surface area contributed by atoms with Crippen molar-refractivity contribution in [1.82, 2.24) is 0 Å². The summed E-state index contributed by atoms with van der Waals surface area (Å²) < 4.78 is 36.2. The fourth-order valence-electron chi connectivity index (χ4n) is 1.91. The van der Waals surface area contributed by atoms with Gasteiger partial charge in [-0.25, -0.2) is 12.8 Å². The van der Waals surface area contributed by atoms with E-state index in [1.165, 1.54) is 12.1 Å². The highest BCUT2D eigenvalue weighted by atomic mass is 35.7. The van der Waals surface area contributed by atoms with Gasteiger partial charge in [0.05, 0.1) is 4.90 Å². The van der Waals surface area contributed by atoms with Gasteiger partial charge in [0.25, 0.3) is 9.05 Å². The van der Waals surface area contributed by atoms with Crippen molar-refractivity contribution in [2.75, 3.05) is 0 Å².